The molecule has 1 fully saturated rings. The summed E-state index contributed by atoms with van der Waals surface area (Å²) < 4.78 is 18.8. The van der Waals surface area contributed by atoms with Gasteiger partial charge in [0.2, 0.25) is 0 Å². The molecule has 2 N–H and O–H groups in total. The number of hydrogen-bond donors (Lipinski definition) is 1. The first-order valence-corrected chi connectivity index (χ1v) is 6.93. The fraction of sp³-hybridized carbons (Fsp3) is 0.571. The second kappa shape index (κ2) is 6.66. The summed E-state index contributed by atoms with van der Waals surface area (Å²) in [6, 6.07) is 5.19. The van der Waals surface area contributed by atoms with E-state index in [1.165, 1.54) is 6.07 Å². The number of methoxy groups -OCH3 is 1. The van der Waals surface area contributed by atoms with Crippen molar-refractivity contribution >= 4 is 11.6 Å². The molecule has 1 saturated heterocycles. The molecule has 2 unspecified atom stereocenters. The largest absolute Gasteiger partial charge is 0.381 e. The summed E-state index contributed by atoms with van der Waals surface area (Å²) in [5, 5.41) is 0.215. The fourth-order valence-electron chi connectivity index (χ4n) is 2.62. The van der Waals surface area contributed by atoms with Crippen LogP contribution in [-0.4, -0.2) is 37.2 Å². The van der Waals surface area contributed by atoms with Crippen molar-refractivity contribution in [3.8, 4) is 0 Å². The molecule has 1 aromatic rings. The molecular weight excluding hydrogens is 267 g/mol. The highest BCUT2D eigenvalue weighted by atomic mass is 35.5. The van der Waals surface area contributed by atoms with Crippen molar-refractivity contribution in [2.24, 2.45) is 5.73 Å². The van der Waals surface area contributed by atoms with Gasteiger partial charge in [0, 0.05) is 32.8 Å². The van der Waals surface area contributed by atoms with Crippen molar-refractivity contribution in [1.29, 1.82) is 0 Å². The van der Waals surface area contributed by atoms with Crippen LogP contribution in [0.5, 0.6) is 0 Å². The molecule has 19 heavy (non-hydrogen) atoms. The third kappa shape index (κ3) is 3.45. The van der Waals surface area contributed by atoms with E-state index in [2.05, 4.69) is 4.90 Å². The molecule has 106 valence electrons. The van der Waals surface area contributed by atoms with Gasteiger partial charge in [0.15, 0.2) is 0 Å². The molecule has 0 saturated carbocycles. The second-order valence-electron chi connectivity index (χ2n) is 4.96. The lowest BCUT2D eigenvalue weighted by Crippen LogP contribution is -2.48. The predicted octanol–water partition coefficient (Wildman–Crippen LogP) is 2.42. The average Bonchev–Trinajstić information content (AvgIpc) is 2.44. The number of halogens is 2. The average molecular weight is 287 g/mol. The zero-order valence-electron chi connectivity index (χ0n) is 11.1. The molecule has 2 atom stereocenters. The molecule has 5 heteroatoms. The maximum Gasteiger partial charge on any atom is 0.142 e. The molecule has 2 rings (SSSR count). The second-order valence-corrected chi connectivity index (χ2v) is 5.33. The van der Waals surface area contributed by atoms with E-state index < -0.39 is 0 Å². The van der Waals surface area contributed by atoms with Crippen molar-refractivity contribution in [1.82, 2.24) is 4.90 Å². The van der Waals surface area contributed by atoms with Gasteiger partial charge < -0.3 is 10.5 Å². The summed E-state index contributed by atoms with van der Waals surface area (Å²) in [7, 11) is 1.73. The van der Waals surface area contributed by atoms with Crippen molar-refractivity contribution in [2.75, 3.05) is 20.2 Å². The maximum absolute atomic E-state index is 13.4. The minimum atomic E-state index is -0.366. The van der Waals surface area contributed by atoms with E-state index in [0.29, 0.717) is 13.1 Å². The van der Waals surface area contributed by atoms with Crippen LogP contribution in [0, 0.1) is 5.82 Å². The van der Waals surface area contributed by atoms with E-state index in [-0.39, 0.29) is 23.0 Å². The lowest BCUT2D eigenvalue weighted by Gasteiger charge is -2.38. The normalized spacial score (nSPS) is 24.6. The standard InChI is InChI=1S/C14H20ClFN2O/c1-19-12-5-6-18(11(7-12)8-17)9-10-3-2-4-13(16)14(10)15/h2-4,11-12H,5-9,17H2,1H3. The van der Waals surface area contributed by atoms with Gasteiger partial charge in [-0.2, -0.15) is 0 Å². The molecule has 0 amide bonds. The Labute approximate surface area is 118 Å². The summed E-state index contributed by atoms with van der Waals surface area (Å²) >= 11 is 6.00. The molecular formula is C14H20ClFN2O. The van der Waals surface area contributed by atoms with Crippen LogP contribution >= 0.6 is 11.6 Å². The fourth-order valence-corrected chi connectivity index (χ4v) is 2.81. The molecule has 1 aliphatic heterocycles. The number of ether oxygens (including phenoxy) is 1. The molecule has 1 heterocycles. The van der Waals surface area contributed by atoms with E-state index in [9.17, 15) is 4.39 Å². The van der Waals surface area contributed by atoms with Crippen LogP contribution in [-0.2, 0) is 11.3 Å². The number of nitrogens with two attached hydrogens (primary N) is 1. The van der Waals surface area contributed by atoms with Gasteiger partial charge in [-0.25, -0.2) is 4.39 Å². The Balaban J connectivity index is 2.07. The molecule has 1 aliphatic rings. The van der Waals surface area contributed by atoms with Gasteiger partial charge in [-0.15, -0.1) is 0 Å². The SMILES string of the molecule is COC1CCN(Cc2cccc(F)c2Cl)C(CN)C1. The van der Waals surface area contributed by atoms with Crippen LogP contribution in [0.25, 0.3) is 0 Å². The summed E-state index contributed by atoms with van der Waals surface area (Å²) in [5.74, 6) is -0.366. The maximum atomic E-state index is 13.4. The van der Waals surface area contributed by atoms with Crippen molar-refractivity contribution in [3.05, 3.63) is 34.6 Å². The topological polar surface area (TPSA) is 38.5 Å². The third-order valence-electron chi connectivity index (χ3n) is 3.80. The molecule has 0 aliphatic carbocycles. The Kier molecular flexibility index (Phi) is 5.16. The zero-order chi connectivity index (χ0) is 13.8. The molecule has 1 aromatic carbocycles. The Morgan fingerprint density at radius 2 is 2.32 bits per heavy atom. The summed E-state index contributed by atoms with van der Waals surface area (Å²) in [4.78, 5) is 2.26. The Bertz CT molecular complexity index is 430. The number of piperidine rings is 1. The summed E-state index contributed by atoms with van der Waals surface area (Å²) in [6.45, 7) is 2.11. The minimum Gasteiger partial charge on any atom is -0.381 e. The Morgan fingerprint density at radius 3 is 3.00 bits per heavy atom. The third-order valence-corrected chi connectivity index (χ3v) is 4.22. The predicted molar refractivity (Wildman–Crippen MR) is 74.7 cm³/mol. The van der Waals surface area contributed by atoms with Crippen molar-refractivity contribution in [3.63, 3.8) is 0 Å². The molecule has 3 nitrogen and oxygen atoms in total. The van der Waals surface area contributed by atoms with Gasteiger partial charge in [-0.05, 0) is 24.5 Å². The van der Waals surface area contributed by atoms with Gasteiger partial charge in [0.1, 0.15) is 5.82 Å². The van der Waals surface area contributed by atoms with Gasteiger partial charge in [0.25, 0.3) is 0 Å². The van der Waals surface area contributed by atoms with Gasteiger partial charge in [-0.3, -0.25) is 4.90 Å². The minimum absolute atomic E-state index is 0.215. The van der Waals surface area contributed by atoms with E-state index in [1.807, 2.05) is 6.07 Å². The summed E-state index contributed by atoms with van der Waals surface area (Å²) in [5.41, 5.74) is 6.64. The van der Waals surface area contributed by atoms with Crippen molar-refractivity contribution < 1.29 is 9.13 Å². The highest BCUT2D eigenvalue weighted by Gasteiger charge is 2.27. The van der Waals surface area contributed by atoms with E-state index in [4.69, 9.17) is 22.1 Å². The van der Waals surface area contributed by atoms with E-state index in [0.717, 1.165) is 24.9 Å². The number of nitrogens with zero attached hydrogens (tertiary/aromatic N) is 1. The van der Waals surface area contributed by atoms with Gasteiger partial charge in [0.05, 0.1) is 11.1 Å². The first-order chi connectivity index (χ1) is 9.15. The molecule has 0 bridgehead atoms. The van der Waals surface area contributed by atoms with Gasteiger partial charge in [-0.1, -0.05) is 23.7 Å². The monoisotopic (exact) mass is 286 g/mol. The Hall–Kier alpha value is -0.680. The number of likely N-dealkylation sites (tertiary alicyclic amines) is 1. The summed E-state index contributed by atoms with van der Waals surface area (Å²) in [6.07, 6.45) is 2.16. The number of rotatable bonds is 4. The quantitative estimate of drug-likeness (QED) is 0.924. The highest BCUT2D eigenvalue weighted by Crippen LogP contribution is 2.25. The van der Waals surface area contributed by atoms with E-state index >= 15 is 0 Å². The first-order valence-electron chi connectivity index (χ1n) is 6.55. The lowest BCUT2D eigenvalue weighted by molar-refractivity contribution is 0.0102. The van der Waals surface area contributed by atoms with Crippen LogP contribution in [0.3, 0.4) is 0 Å². The highest BCUT2D eigenvalue weighted by molar-refractivity contribution is 6.31. The molecule has 0 aromatic heterocycles. The van der Waals surface area contributed by atoms with E-state index in [1.54, 1.807) is 13.2 Å². The van der Waals surface area contributed by atoms with Gasteiger partial charge >= 0.3 is 0 Å². The zero-order valence-corrected chi connectivity index (χ0v) is 11.9. The van der Waals surface area contributed by atoms with Crippen molar-refractivity contribution in [2.45, 2.75) is 31.5 Å². The van der Waals surface area contributed by atoms with Crippen LogP contribution in [0.4, 0.5) is 4.39 Å². The number of benzene rings is 1. The molecule has 0 radical (unpaired) electrons. The lowest BCUT2D eigenvalue weighted by atomic mass is 9.98. The Morgan fingerprint density at radius 1 is 1.53 bits per heavy atom. The van der Waals surface area contributed by atoms with Crippen LogP contribution in [0.2, 0.25) is 5.02 Å². The first kappa shape index (κ1) is 14.7. The molecule has 0 spiro atoms. The number of hydrogen-bond acceptors (Lipinski definition) is 3. The van der Waals surface area contributed by atoms with Crippen LogP contribution in [0.15, 0.2) is 18.2 Å². The van der Waals surface area contributed by atoms with Crippen LogP contribution in [0.1, 0.15) is 18.4 Å². The van der Waals surface area contributed by atoms with Crippen LogP contribution < -0.4 is 5.73 Å². The smallest absolute Gasteiger partial charge is 0.142 e.